The fourth-order valence-electron chi connectivity index (χ4n) is 3.08. The van der Waals surface area contributed by atoms with Gasteiger partial charge in [0, 0.05) is 18.5 Å². The minimum Gasteiger partial charge on any atom is -0.481 e. The van der Waals surface area contributed by atoms with Gasteiger partial charge < -0.3 is 19.9 Å². The van der Waals surface area contributed by atoms with E-state index in [1.807, 2.05) is 20.8 Å². The fraction of sp³-hybridized carbons (Fsp3) is 0.600. The number of hydrogen-bond donors (Lipinski definition) is 2. The minimum atomic E-state index is -0.752. The molecule has 0 radical (unpaired) electrons. The molecule has 1 aromatic rings. The largest absolute Gasteiger partial charge is 0.481 e. The van der Waals surface area contributed by atoms with Gasteiger partial charge in [-0.25, -0.2) is 0 Å². The highest BCUT2D eigenvalue weighted by molar-refractivity contribution is 6.42. The first-order valence-electron chi connectivity index (χ1n) is 9.26. The molecule has 28 heavy (non-hydrogen) atoms. The van der Waals surface area contributed by atoms with Crippen LogP contribution in [0.4, 0.5) is 0 Å². The number of hydrogen-bond acceptors (Lipinski definition) is 5. The third kappa shape index (κ3) is 6.54. The summed E-state index contributed by atoms with van der Waals surface area (Å²) in [5.41, 5.74) is -0.564. The second kappa shape index (κ2) is 9.33. The van der Waals surface area contributed by atoms with Crippen molar-refractivity contribution in [3.63, 3.8) is 0 Å². The molecule has 2 N–H and O–H groups in total. The lowest BCUT2D eigenvalue weighted by Gasteiger charge is -2.22. The molecule has 0 unspecified atom stereocenters. The van der Waals surface area contributed by atoms with Crippen LogP contribution in [0, 0.1) is 11.8 Å². The van der Waals surface area contributed by atoms with E-state index in [1.54, 1.807) is 25.1 Å². The molecule has 2 rings (SSSR count). The Bertz CT molecular complexity index is 719. The van der Waals surface area contributed by atoms with Crippen molar-refractivity contribution < 1.29 is 24.2 Å². The van der Waals surface area contributed by atoms with E-state index in [2.05, 4.69) is 5.32 Å². The number of amides is 1. The van der Waals surface area contributed by atoms with Gasteiger partial charge in [0.25, 0.3) is 5.91 Å². The summed E-state index contributed by atoms with van der Waals surface area (Å²) >= 11 is 11.8. The third-order valence-electron chi connectivity index (χ3n) is 4.51. The molecule has 8 heteroatoms. The maximum absolute atomic E-state index is 12.3. The summed E-state index contributed by atoms with van der Waals surface area (Å²) in [6.45, 7) is 7.30. The molecule has 4 atom stereocenters. The smallest absolute Gasteiger partial charge is 0.309 e. The number of carbonyl (C=O) groups excluding carboxylic acids is 2. The Labute approximate surface area is 175 Å². The van der Waals surface area contributed by atoms with Crippen molar-refractivity contribution >= 4 is 35.1 Å². The zero-order valence-corrected chi connectivity index (χ0v) is 18.0. The van der Waals surface area contributed by atoms with E-state index in [4.69, 9.17) is 32.7 Å². The normalized spacial score (nSPS) is 23.2. The molecular weight excluding hydrogens is 405 g/mol. The molecule has 6 nitrogen and oxygen atoms in total. The first kappa shape index (κ1) is 22.8. The molecule has 0 bridgehead atoms. The van der Waals surface area contributed by atoms with Crippen molar-refractivity contribution in [3.8, 4) is 5.75 Å². The van der Waals surface area contributed by atoms with Crippen molar-refractivity contribution in [3.05, 3.63) is 28.2 Å². The first-order chi connectivity index (χ1) is 13.0. The predicted molar refractivity (Wildman–Crippen MR) is 108 cm³/mol. The van der Waals surface area contributed by atoms with Crippen molar-refractivity contribution in [2.75, 3.05) is 6.54 Å². The Morgan fingerprint density at radius 3 is 2.54 bits per heavy atom. The van der Waals surface area contributed by atoms with Gasteiger partial charge in [0.2, 0.25) is 0 Å². The van der Waals surface area contributed by atoms with Crippen LogP contribution in [0.2, 0.25) is 10.0 Å². The lowest BCUT2D eigenvalue weighted by Crippen LogP contribution is -2.40. The maximum atomic E-state index is 12.3. The van der Waals surface area contributed by atoms with Crippen LogP contribution in [-0.4, -0.2) is 41.3 Å². The van der Waals surface area contributed by atoms with Crippen LogP contribution in [-0.2, 0) is 14.3 Å². The SMILES string of the molecule is C[C@H](Oc1ccc(Cl)c(Cl)c1)C(=O)NC[C@@H]1C[C@H](C(=O)OC(C)(C)C)C[C@H]1O. The Morgan fingerprint density at radius 1 is 1.25 bits per heavy atom. The average Bonchev–Trinajstić information content (AvgIpc) is 2.95. The monoisotopic (exact) mass is 431 g/mol. The standard InChI is InChI=1S/C20H27Cl2NO5/c1-11(27-14-5-6-15(21)16(22)9-14)18(25)23-10-13-7-12(8-17(13)24)19(26)28-20(2,3)4/h5-6,9,11-13,17,24H,7-8,10H2,1-4H3,(H,23,25)/t11-,12-,13-,17+/m0/s1. The molecule has 1 aliphatic carbocycles. The minimum absolute atomic E-state index is 0.210. The molecule has 0 aliphatic heterocycles. The van der Waals surface area contributed by atoms with Crippen LogP contribution in [0.1, 0.15) is 40.5 Å². The van der Waals surface area contributed by atoms with E-state index < -0.39 is 17.8 Å². The number of halogens is 2. The summed E-state index contributed by atoms with van der Waals surface area (Å²) in [7, 11) is 0. The number of nitrogens with one attached hydrogen (secondary N) is 1. The molecule has 0 spiro atoms. The van der Waals surface area contributed by atoms with Gasteiger partial charge in [-0.1, -0.05) is 23.2 Å². The number of aliphatic hydroxyl groups is 1. The molecule has 0 saturated heterocycles. The van der Waals surface area contributed by atoms with E-state index in [-0.39, 0.29) is 30.3 Å². The number of ether oxygens (including phenoxy) is 2. The van der Waals surface area contributed by atoms with Crippen LogP contribution in [0.5, 0.6) is 5.75 Å². The maximum Gasteiger partial charge on any atom is 0.309 e. The number of benzene rings is 1. The Hall–Kier alpha value is -1.50. The summed E-state index contributed by atoms with van der Waals surface area (Å²) in [5.74, 6) is -0.765. The van der Waals surface area contributed by atoms with E-state index in [0.717, 1.165) is 0 Å². The van der Waals surface area contributed by atoms with Crippen LogP contribution in [0.3, 0.4) is 0 Å². The summed E-state index contributed by atoms with van der Waals surface area (Å²) in [6.07, 6.45) is -0.607. The van der Waals surface area contributed by atoms with E-state index in [9.17, 15) is 14.7 Å². The predicted octanol–water partition coefficient (Wildman–Crippen LogP) is 3.61. The van der Waals surface area contributed by atoms with Crippen molar-refractivity contribution in [1.82, 2.24) is 5.32 Å². The molecule has 1 amide bonds. The molecule has 1 aromatic carbocycles. The fourth-order valence-corrected chi connectivity index (χ4v) is 3.37. The molecule has 1 saturated carbocycles. The molecular formula is C20H27Cl2NO5. The third-order valence-corrected chi connectivity index (χ3v) is 5.25. The van der Waals surface area contributed by atoms with Gasteiger partial charge in [0.15, 0.2) is 6.10 Å². The van der Waals surface area contributed by atoms with Gasteiger partial charge in [-0.3, -0.25) is 9.59 Å². The Morgan fingerprint density at radius 2 is 1.93 bits per heavy atom. The quantitative estimate of drug-likeness (QED) is 0.671. The Kier molecular flexibility index (Phi) is 7.59. The van der Waals surface area contributed by atoms with Crippen molar-refractivity contribution in [2.24, 2.45) is 11.8 Å². The second-order valence-corrected chi connectivity index (χ2v) is 8.92. The van der Waals surface area contributed by atoms with E-state index in [0.29, 0.717) is 28.6 Å². The average molecular weight is 432 g/mol. The van der Waals surface area contributed by atoms with Gasteiger partial charge in [0.05, 0.1) is 22.1 Å². The first-order valence-corrected chi connectivity index (χ1v) is 10.0. The topological polar surface area (TPSA) is 84.9 Å². The molecule has 0 aromatic heterocycles. The lowest BCUT2D eigenvalue weighted by atomic mass is 10.0. The molecule has 1 fully saturated rings. The summed E-state index contributed by atoms with van der Waals surface area (Å²) < 4.78 is 11.0. The van der Waals surface area contributed by atoms with Gasteiger partial charge >= 0.3 is 5.97 Å². The number of rotatable bonds is 6. The van der Waals surface area contributed by atoms with Crippen LogP contribution >= 0.6 is 23.2 Å². The lowest BCUT2D eigenvalue weighted by molar-refractivity contribution is -0.160. The Balaban J connectivity index is 1.83. The van der Waals surface area contributed by atoms with Gasteiger partial charge in [0.1, 0.15) is 11.4 Å². The summed E-state index contributed by atoms with van der Waals surface area (Å²) in [5, 5.41) is 13.8. The second-order valence-electron chi connectivity index (χ2n) is 8.11. The van der Waals surface area contributed by atoms with Crippen molar-refractivity contribution in [2.45, 2.75) is 58.3 Å². The summed E-state index contributed by atoms with van der Waals surface area (Å²) in [6, 6.07) is 4.76. The highest BCUT2D eigenvalue weighted by Gasteiger charge is 2.39. The van der Waals surface area contributed by atoms with E-state index >= 15 is 0 Å². The zero-order valence-electron chi connectivity index (χ0n) is 16.5. The van der Waals surface area contributed by atoms with E-state index in [1.165, 1.54) is 0 Å². The van der Waals surface area contributed by atoms with Gasteiger partial charge in [-0.15, -0.1) is 0 Å². The highest BCUT2D eigenvalue weighted by Crippen LogP contribution is 2.33. The highest BCUT2D eigenvalue weighted by atomic mass is 35.5. The van der Waals surface area contributed by atoms with Gasteiger partial charge in [-0.2, -0.15) is 0 Å². The van der Waals surface area contributed by atoms with Crippen LogP contribution in [0.15, 0.2) is 18.2 Å². The zero-order chi connectivity index (χ0) is 21.1. The number of aliphatic hydroxyl groups excluding tert-OH is 1. The van der Waals surface area contributed by atoms with Crippen LogP contribution in [0.25, 0.3) is 0 Å². The molecule has 0 heterocycles. The molecule has 156 valence electrons. The summed E-state index contributed by atoms with van der Waals surface area (Å²) in [4.78, 5) is 24.5. The number of esters is 1. The van der Waals surface area contributed by atoms with Crippen molar-refractivity contribution in [1.29, 1.82) is 0 Å². The molecule has 1 aliphatic rings. The van der Waals surface area contributed by atoms with Crippen LogP contribution < -0.4 is 10.1 Å². The number of carbonyl (C=O) groups is 2. The van der Waals surface area contributed by atoms with Gasteiger partial charge in [-0.05, 0) is 52.7 Å².